The molecule has 1 unspecified atom stereocenters. The van der Waals surface area contributed by atoms with Crippen LogP contribution in [0, 0.1) is 17.8 Å². The molecule has 5 saturated heterocycles. The molecule has 0 radical (unpaired) electrons. The number of nitrogens with one attached hydrogen (secondary N) is 2. The highest BCUT2D eigenvalue weighted by molar-refractivity contribution is 9.10. The van der Waals surface area contributed by atoms with Crippen LogP contribution in [0.1, 0.15) is 68.3 Å². The Hall–Kier alpha value is -11.6. The summed E-state index contributed by atoms with van der Waals surface area (Å²) in [6.45, 7) is 10.6. The highest BCUT2D eigenvalue weighted by atomic mass is 79.9. The first-order valence-electron chi connectivity index (χ1n) is 38.5. The molecule has 7 aliphatic rings. The van der Waals surface area contributed by atoms with Crippen LogP contribution in [0.15, 0.2) is 200 Å². The zero-order valence-corrected chi connectivity index (χ0v) is 64.0. The fourth-order valence-electron chi connectivity index (χ4n) is 15.2. The van der Waals surface area contributed by atoms with Gasteiger partial charge in [0.1, 0.15) is 25.4 Å². The van der Waals surface area contributed by atoms with Crippen LogP contribution in [0.5, 0.6) is 23.0 Å². The van der Waals surface area contributed by atoms with E-state index in [9.17, 15) is 24.6 Å². The molecule has 12 aromatic rings. The second-order valence-corrected chi connectivity index (χ2v) is 29.8. The smallest absolute Gasteiger partial charge is 0.394 e. The lowest BCUT2D eigenvalue weighted by Gasteiger charge is -2.30. The summed E-state index contributed by atoms with van der Waals surface area (Å²) in [5.41, 5.74) is 13.2. The molecule has 27 nitrogen and oxygen atoms in total. The number of anilines is 3. The van der Waals surface area contributed by atoms with Gasteiger partial charge in [0.2, 0.25) is 17.6 Å². The highest BCUT2D eigenvalue weighted by Crippen LogP contribution is 2.37. The van der Waals surface area contributed by atoms with Gasteiger partial charge in [-0.1, -0.05) is 12.1 Å². The van der Waals surface area contributed by atoms with Crippen LogP contribution in [0.4, 0.5) is 17.1 Å². The van der Waals surface area contributed by atoms with Gasteiger partial charge in [-0.25, -0.2) is 4.42 Å². The van der Waals surface area contributed by atoms with E-state index in [0.717, 1.165) is 167 Å². The Kier molecular flexibility index (Phi) is 25.0. The molecule has 17 heterocycles. The number of carboxylic acids is 1. The van der Waals surface area contributed by atoms with Gasteiger partial charge in [-0.15, -0.1) is 0 Å². The largest absolute Gasteiger partial charge is 0.486 e. The summed E-state index contributed by atoms with van der Waals surface area (Å²) in [5.74, 6) is 1.20. The van der Waals surface area contributed by atoms with Gasteiger partial charge in [0, 0.05) is 100 Å². The summed E-state index contributed by atoms with van der Waals surface area (Å²) in [7, 11) is 0. The number of aliphatic hydroxyl groups is 2. The molecule has 7 aliphatic heterocycles. The average Bonchev–Trinajstić information content (AvgIpc) is 1.74. The Morgan fingerprint density at radius 3 is 1.26 bits per heavy atom. The third-order valence-corrected chi connectivity index (χ3v) is 21.7. The van der Waals surface area contributed by atoms with Crippen LogP contribution in [0.3, 0.4) is 0 Å². The van der Waals surface area contributed by atoms with E-state index in [1.54, 1.807) is 61.9 Å². The van der Waals surface area contributed by atoms with E-state index in [1.165, 1.54) is 0 Å². The molecule has 2 aromatic carbocycles. The lowest BCUT2D eigenvalue weighted by atomic mass is 9.99. The molecule has 5 fully saturated rings. The average molecular weight is 1590 g/mol. The maximum absolute atomic E-state index is 13.4. The van der Waals surface area contributed by atoms with E-state index in [-0.39, 0.29) is 29.6 Å². The van der Waals surface area contributed by atoms with Crippen molar-refractivity contribution in [3.05, 3.63) is 211 Å². The van der Waals surface area contributed by atoms with Crippen molar-refractivity contribution >= 4 is 112 Å². The van der Waals surface area contributed by atoms with Crippen LogP contribution in [0.2, 0.25) is 0 Å². The number of ether oxygens (including phenoxy) is 3. The minimum absolute atomic E-state index is 0.0184. The van der Waals surface area contributed by atoms with Gasteiger partial charge in [0.25, 0.3) is 0 Å². The Balaban J connectivity index is 0.000000122. The van der Waals surface area contributed by atoms with Crippen molar-refractivity contribution in [2.24, 2.45) is 17.8 Å². The van der Waals surface area contributed by atoms with E-state index in [2.05, 4.69) is 101 Å². The zero-order chi connectivity index (χ0) is 77.4. The molecule has 0 bridgehead atoms. The van der Waals surface area contributed by atoms with E-state index in [0.29, 0.717) is 87.5 Å². The second kappa shape index (κ2) is 36.7. The number of rotatable bonds is 16. The number of fused-ring (bicyclic) bond motifs is 7. The van der Waals surface area contributed by atoms with Gasteiger partial charge in [-0.3, -0.25) is 64.2 Å². The number of likely N-dealkylation sites (tertiary alicyclic amines) is 2. The number of carbonyl (C=O) groups excluding carboxylic acids is 3. The SMILES string of the molecule is Brc1cnc2cccnc2c1.O=C(N[C@H](CN1CCCC1)[C@H](O)c1ccc2c(c1)OCCO2)[C@H]1CCN(c2cnc3cccnc3c2)C1.O=C(N[C@H](CN1CCCC1)[C@H](O)c1ccc2c(c1)[O+]=CCO2)[C@@H]1CCN(c2cnc3cccnc3c2)C1.O=C(O)C1CCN(c2cnc3cccnc3c2)C1.c1cnc2cccnc2c1. The lowest BCUT2D eigenvalue weighted by Crippen LogP contribution is -2.48. The first-order chi connectivity index (χ1) is 55.3. The predicted octanol–water partition coefficient (Wildman–Crippen LogP) is 10.7. The number of hydrogen-bond acceptors (Lipinski definition) is 23. The number of aldehydes is 1. The number of aromatic nitrogens is 10. The maximum atomic E-state index is 13.4. The lowest BCUT2D eigenvalue weighted by molar-refractivity contribution is -0.367. The van der Waals surface area contributed by atoms with Gasteiger partial charge >= 0.3 is 18.0 Å². The summed E-state index contributed by atoms with van der Waals surface area (Å²) >= 11 is 3.33. The number of nitrogens with zero attached hydrogens (tertiary/aromatic N) is 15. The predicted molar refractivity (Wildman–Crippen MR) is 434 cm³/mol. The summed E-state index contributed by atoms with van der Waals surface area (Å²) in [6, 6.07) is 41.0. The molecule has 0 spiro atoms. The maximum Gasteiger partial charge on any atom is 0.394 e. The molecule has 7 atom stereocenters. The summed E-state index contributed by atoms with van der Waals surface area (Å²) in [5, 5.41) is 38.2. The van der Waals surface area contributed by atoms with Crippen molar-refractivity contribution in [2.45, 2.75) is 69.2 Å². The number of aliphatic carboxylic acids is 1. The molecule has 0 aliphatic carbocycles. The van der Waals surface area contributed by atoms with Crippen LogP contribution >= 0.6 is 15.9 Å². The molecule has 0 saturated carbocycles. The van der Waals surface area contributed by atoms with Gasteiger partial charge in [0.15, 0.2) is 18.1 Å². The van der Waals surface area contributed by atoms with Crippen LogP contribution in [0.25, 0.3) is 55.2 Å². The summed E-state index contributed by atoms with van der Waals surface area (Å²) < 4.78 is 23.5. The van der Waals surface area contributed by atoms with Crippen LogP contribution in [-0.2, 0) is 18.8 Å². The molecular weight excluding hydrogens is 1500 g/mol. The van der Waals surface area contributed by atoms with Crippen LogP contribution in [-0.4, -0.2) is 209 Å². The van der Waals surface area contributed by atoms with E-state index in [1.807, 2.05) is 140 Å². The Morgan fingerprint density at radius 1 is 0.434 bits per heavy atom. The molecule has 19 rings (SSSR count). The number of pyridine rings is 10. The first kappa shape index (κ1) is 76.8. The van der Waals surface area contributed by atoms with E-state index < -0.39 is 30.3 Å². The molecular formula is C85H89BrN17O10+. The Bertz CT molecular complexity index is 5270. The molecule has 2 amide bonds. The van der Waals surface area contributed by atoms with E-state index >= 15 is 0 Å². The summed E-state index contributed by atoms with van der Waals surface area (Å²) in [6.07, 6.45) is 24.5. The van der Waals surface area contributed by atoms with Crippen molar-refractivity contribution in [2.75, 3.05) is 113 Å². The van der Waals surface area contributed by atoms with Gasteiger partial charge in [0.05, 0.1) is 127 Å². The number of hydrogen-bond donors (Lipinski definition) is 5. The van der Waals surface area contributed by atoms with Gasteiger partial charge < -0.3 is 64.7 Å². The molecule has 580 valence electrons. The third-order valence-electron chi connectivity index (χ3n) is 21.3. The second-order valence-electron chi connectivity index (χ2n) is 28.9. The summed E-state index contributed by atoms with van der Waals surface area (Å²) in [4.78, 5) is 91.9. The number of carbonyl (C=O) groups is 3. The quantitative estimate of drug-likeness (QED) is 0.0443. The molecule has 10 aromatic heterocycles. The minimum Gasteiger partial charge on any atom is -0.486 e. The number of carboxylic acid groups (broad SMARTS) is 1. The highest BCUT2D eigenvalue weighted by Gasteiger charge is 2.37. The topological polar surface area (TPSA) is 320 Å². The van der Waals surface area contributed by atoms with Crippen molar-refractivity contribution < 1.29 is 48.3 Å². The van der Waals surface area contributed by atoms with Crippen LogP contribution < -0.4 is 39.5 Å². The fourth-order valence-corrected chi connectivity index (χ4v) is 15.5. The van der Waals surface area contributed by atoms with Gasteiger partial charge in [-0.2, -0.15) is 0 Å². The number of benzene rings is 2. The molecule has 28 heteroatoms. The van der Waals surface area contributed by atoms with Crippen molar-refractivity contribution in [3.63, 3.8) is 0 Å². The van der Waals surface area contributed by atoms with Crippen molar-refractivity contribution in [1.29, 1.82) is 0 Å². The molecule has 5 N–H and O–H groups in total. The third kappa shape index (κ3) is 19.5. The van der Waals surface area contributed by atoms with Crippen molar-refractivity contribution in [1.82, 2.24) is 70.3 Å². The monoisotopic (exact) mass is 1590 g/mol. The van der Waals surface area contributed by atoms with E-state index in [4.69, 9.17) is 23.7 Å². The zero-order valence-electron chi connectivity index (χ0n) is 62.4. The number of amides is 2. The number of aliphatic hydroxyl groups excluding tert-OH is 2. The number of halogens is 1. The first-order valence-corrected chi connectivity index (χ1v) is 39.3. The molecule has 113 heavy (non-hydrogen) atoms. The van der Waals surface area contributed by atoms with Gasteiger partial charge in [-0.05, 0) is 213 Å². The normalized spacial score (nSPS) is 18.8. The fraction of sp³-hybridized carbons (Fsp3) is 0.341. The van der Waals surface area contributed by atoms with Crippen molar-refractivity contribution in [3.8, 4) is 23.0 Å². The Morgan fingerprint density at radius 2 is 0.814 bits per heavy atom. The standard InChI is InChI=1S/C28H33N5O4.C28H31N5O4.C13H13N3O2.C8H5BrN2.C8H6N2/c2*34-27(19-5-6-25-26(14-19)37-13-12-36-25)24(18-32-9-1-2-10-32)31-28(35)20-7-11-33(17-20)21-15-23-22(30-16-21)4-3-8-29-23;17-13(18)9-3-5-16(8-9)10-6-12-11(15-7-10)2-1-4-14-12;9-6-4-8-7(11-5-6)2-1-3-10-8;1-3-7-8(9-5-1)4-2-6-10-7/h3-6,8,14-16,20,24,27,34H,1-2,7,9-13,17-18H2,(H,31,35);3-6,8,13-16,20,24,27,34H,1-2,7,9-12,17-18H2;1-2,4,6-7,9H,3,5,8H2,(H,17,18);1-5H;1-6H/p+1/t20-,24+,27+;20-,24-,27-;;;/m01.../s1. The Labute approximate surface area is 661 Å². The minimum atomic E-state index is -0.867.